The van der Waals surface area contributed by atoms with Gasteiger partial charge in [0.25, 0.3) is 5.91 Å². The molecule has 4 N–H and O–H groups in total. The van der Waals surface area contributed by atoms with Gasteiger partial charge in [0.05, 0.1) is 5.69 Å². The summed E-state index contributed by atoms with van der Waals surface area (Å²) in [6, 6.07) is 2.11. The molecule has 1 atom stereocenters. The van der Waals surface area contributed by atoms with Gasteiger partial charge < -0.3 is 16.4 Å². The van der Waals surface area contributed by atoms with Crippen molar-refractivity contribution in [3.8, 4) is 6.07 Å². The van der Waals surface area contributed by atoms with Crippen LogP contribution in [0.3, 0.4) is 0 Å². The summed E-state index contributed by atoms with van der Waals surface area (Å²) in [5.74, 6) is -0.00351. The summed E-state index contributed by atoms with van der Waals surface area (Å²) in [5.41, 5.74) is 12.0. The van der Waals surface area contributed by atoms with Gasteiger partial charge in [0.1, 0.15) is 21.5 Å². The zero-order chi connectivity index (χ0) is 15.1. The average Bonchev–Trinajstić information content (AvgIpc) is 2.91. The van der Waals surface area contributed by atoms with E-state index in [1.165, 1.54) is 11.3 Å². The molecule has 1 amide bonds. The maximum Gasteiger partial charge on any atom is 0.261 e. The fraction of sp³-hybridized carbons (Fsp3) is 0.571. The first kappa shape index (κ1) is 14.7. The first-order valence-corrected chi connectivity index (χ1v) is 7.44. The minimum Gasteiger partial charge on any atom is -0.396 e. The van der Waals surface area contributed by atoms with Gasteiger partial charge in [-0.05, 0) is 17.8 Å². The number of nitrogens with two attached hydrogens (primary N) is 2. The number of primary amides is 1. The molecule has 0 aliphatic carbocycles. The van der Waals surface area contributed by atoms with E-state index in [4.69, 9.17) is 11.5 Å². The van der Waals surface area contributed by atoms with Gasteiger partial charge in [-0.1, -0.05) is 20.8 Å². The number of hydrogen-bond donors (Lipinski definition) is 2. The Morgan fingerprint density at radius 1 is 1.50 bits per heavy atom. The number of rotatable bonds is 2. The molecule has 1 unspecified atom stereocenters. The predicted octanol–water partition coefficient (Wildman–Crippen LogP) is 2.17. The smallest absolute Gasteiger partial charge is 0.261 e. The molecular formula is C14H20N4OS. The van der Waals surface area contributed by atoms with E-state index >= 15 is 0 Å². The summed E-state index contributed by atoms with van der Waals surface area (Å²) >= 11 is 1.23. The first-order valence-electron chi connectivity index (χ1n) is 6.62. The SMILES string of the molecule is CC(C)(C)C1CCN(c2sc(C(N)=O)c(N)c2C#N)C1. The van der Waals surface area contributed by atoms with E-state index < -0.39 is 5.91 Å². The Bertz CT molecular complexity index is 579. The lowest BCUT2D eigenvalue weighted by molar-refractivity contribution is 0.100. The lowest BCUT2D eigenvalue weighted by Gasteiger charge is -2.27. The lowest BCUT2D eigenvalue weighted by atomic mass is 9.80. The van der Waals surface area contributed by atoms with Gasteiger partial charge >= 0.3 is 0 Å². The minimum atomic E-state index is -0.568. The van der Waals surface area contributed by atoms with Gasteiger partial charge in [-0.25, -0.2) is 0 Å². The van der Waals surface area contributed by atoms with Crippen LogP contribution < -0.4 is 16.4 Å². The van der Waals surface area contributed by atoms with Crippen molar-refractivity contribution in [3.05, 3.63) is 10.4 Å². The summed E-state index contributed by atoms with van der Waals surface area (Å²) in [4.78, 5) is 13.8. The Balaban J connectivity index is 2.34. The highest BCUT2D eigenvalue weighted by molar-refractivity contribution is 7.19. The van der Waals surface area contributed by atoms with Gasteiger partial charge in [-0.3, -0.25) is 4.79 Å². The summed E-state index contributed by atoms with van der Waals surface area (Å²) in [6.45, 7) is 8.45. The molecule has 2 heterocycles. The Kier molecular flexibility index (Phi) is 3.65. The van der Waals surface area contributed by atoms with Crippen molar-refractivity contribution in [3.63, 3.8) is 0 Å². The van der Waals surface area contributed by atoms with E-state index in [1.807, 2.05) is 0 Å². The van der Waals surface area contributed by atoms with Crippen LogP contribution in [0.15, 0.2) is 0 Å². The minimum absolute atomic E-state index is 0.221. The van der Waals surface area contributed by atoms with Gasteiger partial charge in [0, 0.05) is 13.1 Å². The molecule has 5 nitrogen and oxygen atoms in total. The number of amides is 1. The summed E-state index contributed by atoms with van der Waals surface area (Å²) in [6.07, 6.45) is 1.08. The summed E-state index contributed by atoms with van der Waals surface area (Å²) in [7, 11) is 0. The summed E-state index contributed by atoms with van der Waals surface area (Å²) < 4.78 is 0. The predicted molar refractivity (Wildman–Crippen MR) is 81.7 cm³/mol. The molecule has 0 spiro atoms. The second-order valence-corrected chi connectivity index (χ2v) is 7.30. The maximum atomic E-state index is 11.4. The van der Waals surface area contributed by atoms with Crippen LogP contribution in [0.4, 0.5) is 10.7 Å². The average molecular weight is 292 g/mol. The van der Waals surface area contributed by atoms with Crippen LogP contribution in [0.2, 0.25) is 0 Å². The fourth-order valence-corrected chi connectivity index (χ4v) is 3.66. The second-order valence-electron chi connectivity index (χ2n) is 6.30. The fourth-order valence-electron chi connectivity index (χ4n) is 2.60. The highest BCUT2D eigenvalue weighted by atomic mass is 32.1. The largest absolute Gasteiger partial charge is 0.396 e. The summed E-state index contributed by atoms with van der Waals surface area (Å²) in [5, 5.41) is 10.1. The molecule has 0 saturated carbocycles. The normalized spacial score (nSPS) is 19.1. The van der Waals surface area contributed by atoms with Crippen molar-refractivity contribution in [1.29, 1.82) is 5.26 Å². The van der Waals surface area contributed by atoms with E-state index in [9.17, 15) is 10.1 Å². The van der Waals surface area contributed by atoms with Crippen LogP contribution in [0.1, 0.15) is 42.4 Å². The number of thiophene rings is 1. The zero-order valence-corrected chi connectivity index (χ0v) is 12.9. The Hall–Kier alpha value is -1.74. The van der Waals surface area contributed by atoms with E-state index in [1.54, 1.807) is 0 Å². The van der Waals surface area contributed by atoms with Crippen molar-refractivity contribution in [2.75, 3.05) is 23.7 Å². The van der Waals surface area contributed by atoms with Gasteiger partial charge in [-0.2, -0.15) is 5.26 Å². The Morgan fingerprint density at radius 3 is 2.60 bits per heavy atom. The third kappa shape index (κ3) is 2.46. The lowest BCUT2D eigenvalue weighted by Crippen LogP contribution is -2.25. The molecule has 0 aromatic carbocycles. The van der Waals surface area contributed by atoms with E-state index in [0.717, 1.165) is 24.5 Å². The maximum absolute atomic E-state index is 11.4. The molecule has 20 heavy (non-hydrogen) atoms. The topological polar surface area (TPSA) is 96.1 Å². The third-order valence-corrected chi connectivity index (χ3v) is 5.24. The second kappa shape index (κ2) is 4.98. The van der Waals surface area contributed by atoms with Gasteiger partial charge in [-0.15, -0.1) is 11.3 Å². The molecule has 1 saturated heterocycles. The molecule has 6 heteroatoms. The molecule has 0 radical (unpaired) electrons. The molecule has 1 aromatic rings. The number of nitriles is 1. The van der Waals surface area contributed by atoms with Crippen molar-refractivity contribution in [1.82, 2.24) is 0 Å². The number of anilines is 2. The molecule has 2 rings (SSSR count). The van der Waals surface area contributed by atoms with Crippen LogP contribution in [0.5, 0.6) is 0 Å². The van der Waals surface area contributed by atoms with Crippen LogP contribution in [0.25, 0.3) is 0 Å². The first-order chi connectivity index (χ1) is 9.25. The van der Waals surface area contributed by atoms with Crippen LogP contribution in [0, 0.1) is 22.7 Å². The molecular weight excluding hydrogens is 272 g/mol. The van der Waals surface area contributed by atoms with E-state index in [0.29, 0.717) is 11.5 Å². The van der Waals surface area contributed by atoms with Gasteiger partial charge in [0.2, 0.25) is 0 Å². The van der Waals surface area contributed by atoms with Crippen LogP contribution in [-0.2, 0) is 0 Å². The monoisotopic (exact) mass is 292 g/mol. The molecule has 0 bridgehead atoms. The van der Waals surface area contributed by atoms with Gasteiger partial charge in [0.15, 0.2) is 0 Å². The standard InChI is InChI=1S/C14H20N4OS/c1-14(2,3)8-4-5-18(7-8)13-9(6-15)10(16)11(20-13)12(17)19/h8H,4-5,7,16H2,1-3H3,(H2,17,19). The van der Waals surface area contributed by atoms with Crippen molar-refractivity contribution in [2.24, 2.45) is 17.1 Å². The quantitative estimate of drug-likeness (QED) is 0.873. The number of nitrogen functional groups attached to an aromatic ring is 1. The molecule has 1 fully saturated rings. The van der Waals surface area contributed by atoms with E-state index in [-0.39, 0.29) is 16.0 Å². The van der Waals surface area contributed by atoms with Crippen molar-refractivity contribution < 1.29 is 4.79 Å². The number of hydrogen-bond acceptors (Lipinski definition) is 5. The van der Waals surface area contributed by atoms with Crippen LogP contribution >= 0.6 is 11.3 Å². The van der Waals surface area contributed by atoms with E-state index in [2.05, 4.69) is 31.7 Å². The number of nitrogens with zero attached hydrogens (tertiary/aromatic N) is 2. The number of carbonyl (C=O) groups is 1. The van der Waals surface area contributed by atoms with Crippen molar-refractivity contribution in [2.45, 2.75) is 27.2 Å². The molecule has 108 valence electrons. The third-order valence-electron chi connectivity index (χ3n) is 3.96. The highest BCUT2D eigenvalue weighted by Gasteiger charge is 2.34. The Morgan fingerprint density at radius 2 is 2.15 bits per heavy atom. The molecule has 1 aliphatic rings. The Labute approximate surface area is 123 Å². The van der Waals surface area contributed by atoms with Crippen LogP contribution in [-0.4, -0.2) is 19.0 Å². The van der Waals surface area contributed by atoms with Crippen molar-refractivity contribution >= 4 is 27.9 Å². The highest BCUT2D eigenvalue weighted by Crippen LogP contribution is 2.42. The number of carbonyl (C=O) groups excluding carboxylic acids is 1. The molecule has 1 aromatic heterocycles. The molecule has 1 aliphatic heterocycles. The zero-order valence-electron chi connectivity index (χ0n) is 12.1.